The molecule has 0 N–H and O–H groups in total. The first-order chi connectivity index (χ1) is 10.0. The molecule has 1 rings (SSSR count). The standard InChI is InChI=1S/C20H24/c1-2-4-6-8-10-12-14-16-18-20-19-17-15-13-11-9-7-5-3-1/h1-12H2. The largest absolute Gasteiger partial charge is 0.0891 e. The zero-order chi connectivity index (χ0) is 14.1. The van der Waals surface area contributed by atoms with Gasteiger partial charge in [-0.05, 0) is 48.4 Å². The summed E-state index contributed by atoms with van der Waals surface area (Å²) in [7, 11) is 0. The molecule has 1 aliphatic rings. The van der Waals surface area contributed by atoms with Crippen molar-refractivity contribution in [2.45, 2.75) is 77.0 Å². The Hall–Kier alpha value is -1.76. The Kier molecular flexibility index (Phi) is 11.1. The summed E-state index contributed by atoms with van der Waals surface area (Å²) in [6.07, 6.45) is 15.2. The van der Waals surface area contributed by atoms with E-state index in [9.17, 15) is 0 Å². The highest BCUT2D eigenvalue weighted by molar-refractivity contribution is 5.39. The van der Waals surface area contributed by atoms with Crippen molar-refractivity contribution in [1.29, 1.82) is 0 Å². The maximum Gasteiger partial charge on any atom is 0.00989 e. The van der Waals surface area contributed by atoms with E-state index in [0.29, 0.717) is 0 Å². The van der Waals surface area contributed by atoms with Gasteiger partial charge in [-0.2, -0.15) is 0 Å². The highest BCUT2D eigenvalue weighted by atomic mass is 14.0. The van der Waals surface area contributed by atoms with Crippen LogP contribution in [-0.4, -0.2) is 0 Å². The minimum Gasteiger partial charge on any atom is -0.0891 e. The average molecular weight is 264 g/mol. The second-order valence-electron chi connectivity index (χ2n) is 5.14. The van der Waals surface area contributed by atoms with Crippen LogP contribution in [-0.2, 0) is 0 Å². The maximum absolute atomic E-state index is 3.08. The van der Waals surface area contributed by atoms with Gasteiger partial charge in [0.2, 0.25) is 0 Å². The van der Waals surface area contributed by atoms with Crippen LogP contribution >= 0.6 is 0 Å². The summed E-state index contributed by atoms with van der Waals surface area (Å²) in [4.78, 5) is 0. The molecule has 0 fully saturated rings. The first-order valence-electron chi connectivity index (χ1n) is 7.96. The van der Waals surface area contributed by atoms with E-state index in [1.54, 1.807) is 0 Å². The Labute approximate surface area is 125 Å². The third kappa shape index (κ3) is 11.3. The predicted octanol–water partition coefficient (Wildman–Crippen LogP) is 4.69. The summed E-state index contributed by atoms with van der Waals surface area (Å²) in [5.41, 5.74) is 0. The normalized spacial score (nSPS) is 17.6. The van der Waals surface area contributed by atoms with Gasteiger partial charge in [-0.1, -0.05) is 63.2 Å². The van der Waals surface area contributed by atoms with Gasteiger partial charge < -0.3 is 0 Å². The Bertz CT molecular complexity index is 431. The fourth-order valence-electron chi connectivity index (χ4n) is 2.18. The number of hydrogen-bond acceptors (Lipinski definition) is 0. The van der Waals surface area contributed by atoms with Gasteiger partial charge in [0.05, 0.1) is 0 Å². The van der Waals surface area contributed by atoms with Crippen LogP contribution in [0.3, 0.4) is 0 Å². The lowest BCUT2D eigenvalue weighted by Gasteiger charge is -2.01. The summed E-state index contributed by atoms with van der Waals surface area (Å²) in [6, 6.07) is 0. The topological polar surface area (TPSA) is 0 Å². The summed E-state index contributed by atoms with van der Waals surface area (Å²) < 4.78 is 0. The van der Waals surface area contributed by atoms with E-state index in [1.807, 2.05) is 0 Å². The van der Waals surface area contributed by atoms with E-state index >= 15 is 0 Å². The first kappa shape index (κ1) is 16.3. The molecule has 0 heterocycles. The summed E-state index contributed by atoms with van der Waals surface area (Å²) >= 11 is 0. The Balaban J connectivity index is 2.35. The van der Waals surface area contributed by atoms with Gasteiger partial charge in [0.1, 0.15) is 0 Å². The molecule has 0 heteroatoms. The highest BCUT2D eigenvalue weighted by Crippen LogP contribution is 2.11. The van der Waals surface area contributed by atoms with Crippen LogP contribution in [0.25, 0.3) is 0 Å². The lowest BCUT2D eigenvalue weighted by atomic mass is 10.1. The van der Waals surface area contributed by atoms with Gasteiger partial charge in [0.25, 0.3) is 0 Å². The summed E-state index contributed by atoms with van der Waals surface area (Å²) in [5.74, 6) is 22.8. The quantitative estimate of drug-likeness (QED) is 0.557. The van der Waals surface area contributed by atoms with Crippen LogP contribution in [0.15, 0.2) is 0 Å². The van der Waals surface area contributed by atoms with Crippen LogP contribution < -0.4 is 0 Å². The minimum atomic E-state index is 0.960. The molecule has 0 spiro atoms. The van der Waals surface area contributed by atoms with Crippen LogP contribution in [0.5, 0.6) is 0 Å². The second kappa shape index (κ2) is 13.7. The third-order valence-electron chi connectivity index (χ3n) is 3.34. The van der Waals surface area contributed by atoms with Gasteiger partial charge in [0.15, 0.2) is 0 Å². The molecule has 0 aliphatic heterocycles. The Morgan fingerprint density at radius 2 is 0.600 bits per heavy atom. The molecular weight excluding hydrogens is 240 g/mol. The number of hydrogen-bond donors (Lipinski definition) is 0. The van der Waals surface area contributed by atoms with Crippen molar-refractivity contribution in [3.63, 3.8) is 0 Å². The van der Waals surface area contributed by atoms with Crippen molar-refractivity contribution in [3.8, 4) is 47.4 Å². The van der Waals surface area contributed by atoms with Gasteiger partial charge in [-0.25, -0.2) is 0 Å². The lowest BCUT2D eigenvalue weighted by Crippen LogP contribution is -1.82. The molecule has 0 radical (unpaired) electrons. The Morgan fingerprint density at radius 3 is 1.00 bits per heavy atom. The summed E-state index contributed by atoms with van der Waals surface area (Å²) in [5, 5.41) is 0. The van der Waals surface area contributed by atoms with Gasteiger partial charge >= 0.3 is 0 Å². The average Bonchev–Trinajstić information content (AvgIpc) is 2.46. The molecule has 0 amide bonds. The second-order valence-corrected chi connectivity index (χ2v) is 5.14. The van der Waals surface area contributed by atoms with E-state index in [0.717, 1.165) is 12.8 Å². The first-order valence-corrected chi connectivity index (χ1v) is 7.96. The molecule has 0 aromatic heterocycles. The zero-order valence-electron chi connectivity index (χ0n) is 12.5. The smallest absolute Gasteiger partial charge is 0.00989 e. The van der Waals surface area contributed by atoms with Gasteiger partial charge in [-0.15, -0.1) is 0 Å². The molecule has 20 heavy (non-hydrogen) atoms. The molecule has 0 saturated heterocycles. The molecule has 0 atom stereocenters. The third-order valence-corrected chi connectivity index (χ3v) is 3.34. The van der Waals surface area contributed by atoms with Crippen molar-refractivity contribution in [1.82, 2.24) is 0 Å². The van der Waals surface area contributed by atoms with Crippen molar-refractivity contribution in [2.24, 2.45) is 0 Å². The molecule has 0 unspecified atom stereocenters. The van der Waals surface area contributed by atoms with Gasteiger partial charge in [-0.3, -0.25) is 0 Å². The fraction of sp³-hybridized carbons (Fsp3) is 0.600. The lowest BCUT2D eigenvalue weighted by molar-refractivity contribution is 0.555. The molecule has 0 nitrogen and oxygen atoms in total. The molecule has 0 aromatic carbocycles. The van der Waals surface area contributed by atoms with Crippen molar-refractivity contribution in [2.75, 3.05) is 0 Å². The van der Waals surface area contributed by atoms with E-state index in [2.05, 4.69) is 47.4 Å². The fourth-order valence-corrected chi connectivity index (χ4v) is 2.18. The minimum absolute atomic E-state index is 0.960. The van der Waals surface area contributed by atoms with E-state index < -0.39 is 0 Å². The Morgan fingerprint density at radius 1 is 0.300 bits per heavy atom. The highest BCUT2D eigenvalue weighted by Gasteiger charge is 1.92. The van der Waals surface area contributed by atoms with E-state index in [4.69, 9.17) is 0 Å². The molecule has 1 aliphatic carbocycles. The van der Waals surface area contributed by atoms with Crippen LogP contribution in [0.4, 0.5) is 0 Å². The van der Waals surface area contributed by atoms with Crippen LogP contribution in [0.2, 0.25) is 0 Å². The van der Waals surface area contributed by atoms with E-state index in [-0.39, 0.29) is 0 Å². The molecule has 0 saturated carbocycles. The molecule has 0 bridgehead atoms. The zero-order valence-corrected chi connectivity index (χ0v) is 12.5. The SMILES string of the molecule is C1#CC#CCCCCCCCCCCCCC#CC#C1. The number of rotatable bonds is 0. The van der Waals surface area contributed by atoms with Crippen molar-refractivity contribution in [3.05, 3.63) is 0 Å². The molecule has 0 aromatic rings. The predicted molar refractivity (Wildman–Crippen MR) is 86.5 cm³/mol. The molecule has 104 valence electrons. The summed E-state index contributed by atoms with van der Waals surface area (Å²) in [6.45, 7) is 0. The van der Waals surface area contributed by atoms with E-state index in [1.165, 1.54) is 64.2 Å². The van der Waals surface area contributed by atoms with Crippen LogP contribution in [0.1, 0.15) is 77.0 Å². The molecular formula is C20H24. The van der Waals surface area contributed by atoms with Crippen molar-refractivity contribution < 1.29 is 0 Å². The van der Waals surface area contributed by atoms with Crippen molar-refractivity contribution >= 4 is 0 Å². The monoisotopic (exact) mass is 264 g/mol. The maximum atomic E-state index is 3.08. The van der Waals surface area contributed by atoms with Gasteiger partial charge in [0, 0.05) is 12.8 Å². The van der Waals surface area contributed by atoms with Crippen LogP contribution in [0, 0.1) is 47.4 Å².